The molecule has 4 heteroatoms. The lowest BCUT2D eigenvalue weighted by Gasteiger charge is -2.39. The summed E-state index contributed by atoms with van der Waals surface area (Å²) in [5, 5.41) is 0. The number of hydrogen-bond donors (Lipinski definition) is 2. The molecule has 1 fully saturated rings. The van der Waals surface area contributed by atoms with Gasteiger partial charge in [-0.15, -0.1) is 0 Å². The van der Waals surface area contributed by atoms with Crippen LogP contribution in [0.25, 0.3) is 0 Å². The molecule has 2 rings (SSSR count). The smallest absolute Gasteiger partial charge is 0.226 e. The second-order valence-electron chi connectivity index (χ2n) is 5.33. The van der Waals surface area contributed by atoms with E-state index >= 15 is 0 Å². The third-order valence-electron chi connectivity index (χ3n) is 4.21. The zero-order valence-corrected chi connectivity index (χ0v) is 11.0. The number of carbonyl (C=O) groups excluding carboxylic acids is 2. The van der Waals surface area contributed by atoms with Gasteiger partial charge >= 0.3 is 0 Å². The molecule has 4 N–H and O–H groups in total. The molecule has 4 nitrogen and oxygen atoms in total. The summed E-state index contributed by atoms with van der Waals surface area (Å²) in [4.78, 5) is 23.9. The fourth-order valence-electron chi connectivity index (χ4n) is 3.26. The maximum absolute atomic E-state index is 12.0. The van der Waals surface area contributed by atoms with E-state index in [0.29, 0.717) is 12.8 Å². The molecule has 0 unspecified atom stereocenters. The monoisotopic (exact) mass is 260 g/mol. The Labute approximate surface area is 113 Å². The van der Waals surface area contributed by atoms with Gasteiger partial charge < -0.3 is 11.5 Å². The number of carbonyl (C=O) groups is 2. The first-order valence-corrected chi connectivity index (χ1v) is 6.72. The van der Waals surface area contributed by atoms with Gasteiger partial charge in [-0.05, 0) is 18.4 Å². The Bertz CT molecular complexity index is 464. The molecule has 0 aromatic heterocycles. The standard InChI is InChI=1S/C15H20N2O2/c16-13(18)12(11-7-3-1-4-8-11)15(14(17)19)9-5-2-6-10-15/h1,3-4,7-8,12H,2,5-6,9-10H2,(H2,16,18)(H2,17,19)/t12-/m1/s1. The van der Waals surface area contributed by atoms with Crippen molar-refractivity contribution >= 4 is 11.8 Å². The van der Waals surface area contributed by atoms with E-state index in [2.05, 4.69) is 0 Å². The molecule has 2 amide bonds. The fourth-order valence-corrected chi connectivity index (χ4v) is 3.26. The van der Waals surface area contributed by atoms with E-state index in [4.69, 9.17) is 11.5 Å². The minimum Gasteiger partial charge on any atom is -0.369 e. The molecule has 1 aromatic rings. The summed E-state index contributed by atoms with van der Waals surface area (Å²) in [6.45, 7) is 0. The van der Waals surface area contributed by atoms with E-state index in [0.717, 1.165) is 24.8 Å². The largest absolute Gasteiger partial charge is 0.369 e. The summed E-state index contributed by atoms with van der Waals surface area (Å²) >= 11 is 0. The molecule has 1 saturated carbocycles. The SMILES string of the molecule is NC(=O)[C@@H](c1ccccc1)C1(C(N)=O)CCCCC1. The maximum atomic E-state index is 12.0. The van der Waals surface area contributed by atoms with Crippen molar-refractivity contribution in [2.24, 2.45) is 16.9 Å². The number of primary amides is 2. The Kier molecular flexibility index (Phi) is 3.88. The van der Waals surface area contributed by atoms with Crippen molar-refractivity contribution in [2.75, 3.05) is 0 Å². The second kappa shape index (κ2) is 5.43. The summed E-state index contributed by atoms with van der Waals surface area (Å²) in [6, 6.07) is 9.26. The third kappa shape index (κ3) is 2.48. The van der Waals surface area contributed by atoms with Gasteiger partial charge in [-0.3, -0.25) is 9.59 Å². The Hall–Kier alpha value is -1.84. The van der Waals surface area contributed by atoms with Gasteiger partial charge in [0.15, 0.2) is 0 Å². The van der Waals surface area contributed by atoms with Crippen molar-refractivity contribution in [1.82, 2.24) is 0 Å². The van der Waals surface area contributed by atoms with Crippen LogP contribution >= 0.6 is 0 Å². The van der Waals surface area contributed by atoms with Gasteiger partial charge in [-0.1, -0.05) is 49.6 Å². The average Bonchev–Trinajstić information content (AvgIpc) is 2.40. The topological polar surface area (TPSA) is 86.2 Å². The number of benzene rings is 1. The molecule has 0 radical (unpaired) electrons. The maximum Gasteiger partial charge on any atom is 0.226 e. The highest BCUT2D eigenvalue weighted by atomic mass is 16.2. The molecule has 0 heterocycles. The normalized spacial score (nSPS) is 19.6. The average molecular weight is 260 g/mol. The first-order chi connectivity index (χ1) is 9.08. The second-order valence-corrected chi connectivity index (χ2v) is 5.33. The molecule has 1 aliphatic rings. The molecule has 1 aliphatic carbocycles. The van der Waals surface area contributed by atoms with Gasteiger partial charge in [0.05, 0.1) is 11.3 Å². The van der Waals surface area contributed by atoms with Gasteiger partial charge in [-0.25, -0.2) is 0 Å². The van der Waals surface area contributed by atoms with Crippen LogP contribution in [0, 0.1) is 5.41 Å². The van der Waals surface area contributed by atoms with Gasteiger partial charge in [-0.2, -0.15) is 0 Å². The van der Waals surface area contributed by atoms with Gasteiger partial charge in [0.2, 0.25) is 11.8 Å². The van der Waals surface area contributed by atoms with Crippen LogP contribution in [-0.2, 0) is 9.59 Å². The highest BCUT2D eigenvalue weighted by Gasteiger charge is 2.48. The van der Waals surface area contributed by atoms with Crippen LogP contribution in [0.3, 0.4) is 0 Å². The van der Waals surface area contributed by atoms with E-state index < -0.39 is 23.1 Å². The Morgan fingerprint density at radius 1 is 1.00 bits per heavy atom. The zero-order valence-electron chi connectivity index (χ0n) is 11.0. The van der Waals surface area contributed by atoms with Crippen molar-refractivity contribution in [1.29, 1.82) is 0 Å². The number of rotatable bonds is 4. The highest BCUT2D eigenvalue weighted by molar-refractivity contribution is 5.92. The predicted octanol–water partition coefficient (Wildman–Crippen LogP) is 1.69. The van der Waals surface area contributed by atoms with Crippen LogP contribution in [0.4, 0.5) is 0 Å². The zero-order chi connectivity index (χ0) is 13.9. The first-order valence-electron chi connectivity index (χ1n) is 6.72. The highest BCUT2D eigenvalue weighted by Crippen LogP contribution is 2.47. The van der Waals surface area contributed by atoms with Crippen LogP contribution in [0.15, 0.2) is 30.3 Å². The molecule has 1 aromatic carbocycles. The number of amides is 2. The Balaban J connectivity index is 2.47. The van der Waals surface area contributed by atoms with Crippen LogP contribution in [0.5, 0.6) is 0 Å². The van der Waals surface area contributed by atoms with E-state index in [1.165, 1.54) is 0 Å². The minimum atomic E-state index is -0.814. The molecule has 102 valence electrons. The van der Waals surface area contributed by atoms with Crippen LogP contribution < -0.4 is 11.5 Å². The van der Waals surface area contributed by atoms with Crippen LogP contribution in [0.2, 0.25) is 0 Å². The minimum absolute atomic E-state index is 0.403. The van der Waals surface area contributed by atoms with Crippen molar-refractivity contribution in [3.05, 3.63) is 35.9 Å². The lowest BCUT2D eigenvalue weighted by molar-refractivity contribution is -0.137. The molecule has 0 aliphatic heterocycles. The number of hydrogen-bond acceptors (Lipinski definition) is 2. The Morgan fingerprint density at radius 3 is 2.05 bits per heavy atom. The fraction of sp³-hybridized carbons (Fsp3) is 0.467. The first kappa shape index (κ1) is 13.6. The molecule has 0 spiro atoms. The van der Waals surface area contributed by atoms with Gasteiger partial charge in [0, 0.05) is 0 Å². The van der Waals surface area contributed by atoms with Crippen LogP contribution in [-0.4, -0.2) is 11.8 Å². The molecule has 0 bridgehead atoms. The summed E-state index contributed by atoms with van der Waals surface area (Å²) in [7, 11) is 0. The van der Waals surface area contributed by atoms with Crippen molar-refractivity contribution in [2.45, 2.75) is 38.0 Å². The van der Waals surface area contributed by atoms with Gasteiger partial charge in [0.1, 0.15) is 0 Å². The molecule has 19 heavy (non-hydrogen) atoms. The molecule has 0 saturated heterocycles. The summed E-state index contributed by atoms with van der Waals surface area (Å²) in [5.41, 5.74) is 11.2. The van der Waals surface area contributed by atoms with Crippen molar-refractivity contribution < 1.29 is 9.59 Å². The van der Waals surface area contributed by atoms with E-state index in [9.17, 15) is 9.59 Å². The third-order valence-corrected chi connectivity index (χ3v) is 4.21. The summed E-state index contributed by atoms with van der Waals surface area (Å²) in [5.74, 6) is -1.49. The summed E-state index contributed by atoms with van der Waals surface area (Å²) < 4.78 is 0. The van der Waals surface area contributed by atoms with E-state index in [-0.39, 0.29) is 0 Å². The predicted molar refractivity (Wildman–Crippen MR) is 73.1 cm³/mol. The van der Waals surface area contributed by atoms with Gasteiger partial charge in [0.25, 0.3) is 0 Å². The van der Waals surface area contributed by atoms with Crippen molar-refractivity contribution in [3.63, 3.8) is 0 Å². The quantitative estimate of drug-likeness (QED) is 0.863. The van der Waals surface area contributed by atoms with E-state index in [1.54, 1.807) is 0 Å². The Morgan fingerprint density at radius 2 is 1.58 bits per heavy atom. The molecule has 1 atom stereocenters. The van der Waals surface area contributed by atoms with Crippen LogP contribution in [0.1, 0.15) is 43.6 Å². The lowest BCUT2D eigenvalue weighted by Crippen LogP contribution is -2.48. The van der Waals surface area contributed by atoms with E-state index in [1.807, 2.05) is 30.3 Å². The molecular formula is C15H20N2O2. The lowest BCUT2D eigenvalue weighted by atomic mass is 9.63. The number of nitrogens with two attached hydrogens (primary N) is 2. The molecular weight excluding hydrogens is 240 g/mol. The van der Waals surface area contributed by atoms with Crippen molar-refractivity contribution in [3.8, 4) is 0 Å². The summed E-state index contributed by atoms with van der Waals surface area (Å²) in [6.07, 6.45) is 4.20.